The quantitative estimate of drug-likeness (QED) is 0.642. The molecule has 5 rings (SSSR count). The van der Waals surface area contributed by atoms with Gasteiger partial charge in [-0.1, -0.05) is 25.8 Å². The average molecular weight is 371 g/mol. The third kappa shape index (κ3) is 2.20. The third-order valence-corrected chi connectivity index (χ3v) is 8.38. The maximum absolute atomic E-state index is 10.5. The van der Waals surface area contributed by atoms with Crippen LogP contribution in [0.1, 0.15) is 45.1 Å². The standard InChI is InChI=1S/C19H26BN3O2S/c1-3-10-26-23-8-5-18(6-9-23)12-19(13(18)2)16-14-4-7-21-17(14)22-11-15(16)20(24)25-19/h4,7,11,13,24H,3,5-6,8-10,12H2,1-2H3,(H,21,22). The summed E-state index contributed by atoms with van der Waals surface area (Å²) >= 11 is 2.00. The molecule has 26 heavy (non-hydrogen) atoms. The van der Waals surface area contributed by atoms with Gasteiger partial charge in [-0.05, 0) is 48.6 Å². The molecule has 0 aromatic carbocycles. The number of aromatic amines is 1. The first-order valence-electron chi connectivity index (χ1n) is 9.80. The van der Waals surface area contributed by atoms with Gasteiger partial charge in [0.15, 0.2) is 0 Å². The van der Waals surface area contributed by atoms with E-state index in [1.54, 1.807) is 6.20 Å². The van der Waals surface area contributed by atoms with Gasteiger partial charge in [0.25, 0.3) is 0 Å². The van der Waals surface area contributed by atoms with Gasteiger partial charge in [0.05, 0.1) is 5.60 Å². The van der Waals surface area contributed by atoms with Crippen molar-refractivity contribution in [2.75, 3.05) is 18.8 Å². The van der Waals surface area contributed by atoms with Crippen LogP contribution in [0.3, 0.4) is 0 Å². The molecule has 2 aromatic rings. The summed E-state index contributed by atoms with van der Waals surface area (Å²) < 4.78 is 8.79. The van der Waals surface area contributed by atoms with Crippen LogP contribution in [0.2, 0.25) is 0 Å². The van der Waals surface area contributed by atoms with E-state index < -0.39 is 7.12 Å². The molecule has 2 aromatic heterocycles. The van der Waals surface area contributed by atoms with Crippen molar-refractivity contribution in [3.8, 4) is 0 Å². The molecule has 2 aliphatic heterocycles. The summed E-state index contributed by atoms with van der Waals surface area (Å²) in [4.78, 5) is 7.65. The Labute approximate surface area is 159 Å². The number of nitrogens with one attached hydrogen (secondary N) is 1. The lowest BCUT2D eigenvalue weighted by molar-refractivity contribution is -0.192. The van der Waals surface area contributed by atoms with Crippen LogP contribution in [0.5, 0.6) is 0 Å². The second-order valence-corrected chi connectivity index (χ2v) is 9.39. The summed E-state index contributed by atoms with van der Waals surface area (Å²) in [6.07, 6.45) is 8.41. The van der Waals surface area contributed by atoms with Crippen molar-refractivity contribution in [3.05, 3.63) is 24.0 Å². The number of H-pyrrole nitrogens is 1. The van der Waals surface area contributed by atoms with E-state index in [0.717, 1.165) is 36.0 Å². The van der Waals surface area contributed by atoms with Crippen molar-refractivity contribution >= 4 is 35.6 Å². The van der Waals surface area contributed by atoms with Crippen molar-refractivity contribution in [3.63, 3.8) is 0 Å². The average Bonchev–Trinajstić information content (AvgIpc) is 3.24. The van der Waals surface area contributed by atoms with Crippen LogP contribution in [0.4, 0.5) is 0 Å². The van der Waals surface area contributed by atoms with Gasteiger partial charge in [-0.15, -0.1) is 0 Å². The number of pyridine rings is 1. The van der Waals surface area contributed by atoms with E-state index in [9.17, 15) is 5.02 Å². The van der Waals surface area contributed by atoms with Crippen LogP contribution in [0.15, 0.2) is 18.5 Å². The zero-order chi connectivity index (χ0) is 17.9. The molecule has 5 nitrogen and oxygen atoms in total. The van der Waals surface area contributed by atoms with Crippen LogP contribution in [0.25, 0.3) is 11.0 Å². The molecule has 2 unspecified atom stereocenters. The Kier molecular flexibility index (Phi) is 3.94. The number of hydrogen-bond donors (Lipinski definition) is 2. The predicted molar refractivity (Wildman–Crippen MR) is 106 cm³/mol. The van der Waals surface area contributed by atoms with E-state index in [0.29, 0.717) is 11.3 Å². The van der Waals surface area contributed by atoms with Crippen LogP contribution in [0, 0.1) is 11.3 Å². The second kappa shape index (κ2) is 5.99. The normalized spacial score (nSPS) is 30.3. The fraction of sp³-hybridized carbons (Fsp3) is 0.632. The van der Waals surface area contributed by atoms with Crippen molar-refractivity contribution in [1.82, 2.24) is 14.3 Å². The lowest BCUT2D eigenvalue weighted by Gasteiger charge is -2.63. The second-order valence-electron chi connectivity index (χ2n) is 8.21. The minimum absolute atomic E-state index is 0.344. The van der Waals surface area contributed by atoms with Crippen molar-refractivity contribution in [2.24, 2.45) is 11.3 Å². The van der Waals surface area contributed by atoms with Gasteiger partial charge in [0.1, 0.15) is 5.65 Å². The van der Waals surface area contributed by atoms with Gasteiger partial charge in [0, 0.05) is 42.1 Å². The van der Waals surface area contributed by atoms with Crippen LogP contribution < -0.4 is 5.46 Å². The van der Waals surface area contributed by atoms with Gasteiger partial charge in [-0.3, -0.25) is 4.31 Å². The van der Waals surface area contributed by atoms with Gasteiger partial charge in [0.2, 0.25) is 0 Å². The monoisotopic (exact) mass is 371 g/mol. The number of nitrogens with zero attached hydrogens (tertiary/aromatic N) is 2. The Morgan fingerprint density at radius 2 is 2.27 bits per heavy atom. The molecule has 1 aliphatic carbocycles. The Morgan fingerprint density at radius 1 is 1.46 bits per heavy atom. The molecule has 2 atom stereocenters. The number of aromatic nitrogens is 2. The number of piperidine rings is 1. The lowest BCUT2D eigenvalue weighted by atomic mass is 9.47. The molecule has 7 heteroatoms. The van der Waals surface area contributed by atoms with Crippen molar-refractivity contribution < 1.29 is 9.68 Å². The molecule has 3 aliphatic rings. The summed E-state index contributed by atoms with van der Waals surface area (Å²) in [5, 5.41) is 11.6. The van der Waals surface area contributed by atoms with E-state index in [1.165, 1.54) is 30.6 Å². The molecular weight excluding hydrogens is 345 g/mol. The molecule has 2 spiro atoms. The van der Waals surface area contributed by atoms with Gasteiger partial charge in [-0.2, -0.15) is 0 Å². The molecule has 0 bridgehead atoms. The van der Waals surface area contributed by atoms with Crippen LogP contribution in [-0.4, -0.2) is 45.3 Å². The highest BCUT2D eigenvalue weighted by Gasteiger charge is 2.67. The van der Waals surface area contributed by atoms with Crippen molar-refractivity contribution in [2.45, 2.75) is 45.1 Å². The van der Waals surface area contributed by atoms with E-state index >= 15 is 0 Å². The molecule has 1 saturated carbocycles. The maximum atomic E-state index is 10.5. The largest absolute Gasteiger partial charge is 0.493 e. The number of hydrogen-bond acceptors (Lipinski definition) is 5. The maximum Gasteiger partial charge on any atom is 0.493 e. The molecule has 0 radical (unpaired) electrons. The molecule has 2 fully saturated rings. The SMILES string of the molecule is CCCSN1CCC2(CC1)CC1(OB(O)c3cnc4[nH]ccc4c31)C2C. The highest BCUT2D eigenvalue weighted by molar-refractivity contribution is 7.97. The molecule has 138 valence electrons. The Balaban J connectivity index is 1.43. The molecule has 0 amide bonds. The van der Waals surface area contributed by atoms with Gasteiger partial charge >= 0.3 is 7.12 Å². The first-order valence-corrected chi connectivity index (χ1v) is 10.7. The lowest BCUT2D eigenvalue weighted by Crippen LogP contribution is -2.61. The molecule has 4 heterocycles. The Bertz CT molecular complexity index is 835. The zero-order valence-electron chi connectivity index (χ0n) is 15.5. The predicted octanol–water partition coefficient (Wildman–Crippen LogP) is 2.66. The topological polar surface area (TPSA) is 61.4 Å². The van der Waals surface area contributed by atoms with E-state index in [2.05, 4.69) is 34.2 Å². The van der Waals surface area contributed by atoms with Crippen LogP contribution in [-0.2, 0) is 10.3 Å². The number of rotatable bonds is 3. The minimum atomic E-state index is -0.850. The van der Waals surface area contributed by atoms with E-state index in [4.69, 9.17) is 4.65 Å². The van der Waals surface area contributed by atoms with Gasteiger partial charge < -0.3 is 14.7 Å². The summed E-state index contributed by atoms with van der Waals surface area (Å²) in [5.74, 6) is 1.62. The van der Waals surface area contributed by atoms with E-state index in [-0.39, 0.29) is 5.60 Å². The zero-order valence-corrected chi connectivity index (χ0v) is 16.3. The Morgan fingerprint density at radius 3 is 3.00 bits per heavy atom. The highest BCUT2D eigenvalue weighted by Crippen LogP contribution is 2.66. The first kappa shape index (κ1) is 17.1. The van der Waals surface area contributed by atoms with Crippen molar-refractivity contribution in [1.29, 1.82) is 0 Å². The summed E-state index contributed by atoms with van der Waals surface area (Å²) in [6, 6.07) is 2.08. The van der Waals surface area contributed by atoms with E-state index in [1.807, 2.05) is 18.1 Å². The minimum Gasteiger partial charge on any atom is -0.423 e. The number of fused-ring (bicyclic) bond motifs is 4. The highest BCUT2D eigenvalue weighted by atomic mass is 32.2. The summed E-state index contributed by atoms with van der Waals surface area (Å²) in [5.41, 5.74) is 2.92. The molecule has 2 N–H and O–H groups in total. The fourth-order valence-corrected chi connectivity index (χ4v) is 6.42. The molecular formula is C19H26BN3O2S. The Hall–Kier alpha value is -1.02. The van der Waals surface area contributed by atoms with Gasteiger partial charge in [-0.25, -0.2) is 4.98 Å². The smallest absolute Gasteiger partial charge is 0.423 e. The molecule has 1 saturated heterocycles. The first-order chi connectivity index (χ1) is 12.6. The summed E-state index contributed by atoms with van der Waals surface area (Å²) in [6.45, 7) is 6.90. The fourth-order valence-electron chi connectivity index (χ4n) is 5.54. The van der Waals surface area contributed by atoms with Crippen LogP contribution >= 0.6 is 11.9 Å². The summed E-state index contributed by atoms with van der Waals surface area (Å²) in [7, 11) is -0.850. The third-order valence-electron chi connectivity index (χ3n) is 7.06.